The van der Waals surface area contributed by atoms with E-state index in [9.17, 15) is 9.59 Å². The Morgan fingerprint density at radius 3 is 1.94 bits per heavy atom. The highest BCUT2D eigenvalue weighted by Crippen LogP contribution is 2.36. The van der Waals surface area contributed by atoms with Crippen molar-refractivity contribution in [2.45, 2.75) is 44.9 Å². The molecule has 2 unspecified atom stereocenters. The molecule has 0 N–H and O–H groups in total. The highest BCUT2D eigenvalue weighted by molar-refractivity contribution is 5.95. The molecule has 0 spiro atoms. The van der Waals surface area contributed by atoms with Crippen LogP contribution in [0.2, 0.25) is 0 Å². The third kappa shape index (κ3) is 2.26. The number of carbonyl (C=O) groups is 2. The molecule has 2 rings (SSSR count). The minimum absolute atomic E-state index is 0.165. The molecule has 0 aromatic heterocycles. The van der Waals surface area contributed by atoms with E-state index in [4.69, 9.17) is 4.84 Å². The molecular weight excluding hydrogens is 206 g/mol. The van der Waals surface area contributed by atoms with Gasteiger partial charge in [-0.1, -0.05) is 19.3 Å². The van der Waals surface area contributed by atoms with E-state index in [0.29, 0.717) is 24.7 Å². The summed E-state index contributed by atoms with van der Waals surface area (Å²) in [5.41, 5.74) is 0. The molecule has 2 fully saturated rings. The number of nitrogens with zero attached hydrogens (tertiary/aromatic N) is 1. The van der Waals surface area contributed by atoms with Gasteiger partial charge in [0.2, 0.25) is 0 Å². The molecule has 0 radical (unpaired) electrons. The first kappa shape index (κ1) is 11.6. The smallest absolute Gasteiger partial charge is 0.253 e. The maximum atomic E-state index is 11.8. The van der Waals surface area contributed by atoms with Gasteiger partial charge in [-0.25, -0.2) is 0 Å². The number of amides is 2. The summed E-state index contributed by atoms with van der Waals surface area (Å²) < 4.78 is 0. The van der Waals surface area contributed by atoms with E-state index < -0.39 is 0 Å². The minimum atomic E-state index is -0.165. The average Bonchev–Trinajstić information content (AvgIpc) is 2.50. The molecule has 2 atom stereocenters. The predicted octanol–water partition coefficient (Wildman–Crippen LogP) is 1.89. The van der Waals surface area contributed by atoms with E-state index in [1.54, 1.807) is 0 Å². The highest BCUT2D eigenvalue weighted by atomic mass is 16.7. The fraction of sp³-hybridized carbons (Fsp3) is 0.833. The number of carbonyl (C=O) groups excluding carboxylic acids is 2. The third-order valence-electron chi connectivity index (χ3n) is 3.83. The van der Waals surface area contributed by atoms with Gasteiger partial charge in [-0.3, -0.25) is 14.4 Å². The van der Waals surface area contributed by atoms with E-state index >= 15 is 0 Å². The molecular formula is C12H19NO3. The zero-order valence-electron chi connectivity index (χ0n) is 9.78. The second-order valence-electron chi connectivity index (χ2n) is 4.83. The van der Waals surface area contributed by atoms with Crippen molar-refractivity contribution in [1.29, 1.82) is 0 Å². The first-order valence-corrected chi connectivity index (χ1v) is 6.12. The quantitative estimate of drug-likeness (QED) is 0.640. The van der Waals surface area contributed by atoms with Crippen LogP contribution in [0.4, 0.5) is 0 Å². The van der Waals surface area contributed by atoms with Gasteiger partial charge in [-0.15, -0.1) is 0 Å². The van der Waals surface area contributed by atoms with Crippen molar-refractivity contribution in [3.8, 4) is 0 Å². The van der Waals surface area contributed by atoms with Crippen molar-refractivity contribution in [3.63, 3.8) is 0 Å². The van der Waals surface area contributed by atoms with Crippen LogP contribution in [0, 0.1) is 11.8 Å². The van der Waals surface area contributed by atoms with Gasteiger partial charge in [-0.2, -0.15) is 5.06 Å². The zero-order valence-corrected chi connectivity index (χ0v) is 9.78. The lowest BCUT2D eigenvalue weighted by Crippen LogP contribution is -2.34. The van der Waals surface area contributed by atoms with Crippen LogP contribution < -0.4 is 0 Å². The Hall–Kier alpha value is -0.900. The third-order valence-corrected chi connectivity index (χ3v) is 3.83. The summed E-state index contributed by atoms with van der Waals surface area (Å²) in [7, 11) is 1.39. The van der Waals surface area contributed by atoms with Crippen molar-refractivity contribution < 1.29 is 14.4 Å². The summed E-state index contributed by atoms with van der Waals surface area (Å²) in [6.45, 7) is 0. The summed E-state index contributed by atoms with van der Waals surface area (Å²) in [6, 6.07) is 0. The molecule has 2 aliphatic rings. The van der Waals surface area contributed by atoms with Crippen LogP contribution in [0.25, 0.3) is 0 Å². The standard InChI is InChI=1S/C12H19NO3/c1-16-13-11(14)7-9-5-3-2-4-6-10(9)8-12(13)15/h9-10H,2-8H2,1H3. The van der Waals surface area contributed by atoms with E-state index in [-0.39, 0.29) is 11.8 Å². The lowest BCUT2D eigenvalue weighted by atomic mass is 9.84. The number of fused-ring (bicyclic) bond motifs is 1. The SMILES string of the molecule is CON1C(=O)CC2CCCCCC2CC1=O. The summed E-state index contributed by atoms with van der Waals surface area (Å²) >= 11 is 0. The van der Waals surface area contributed by atoms with Gasteiger partial charge in [0, 0.05) is 12.8 Å². The molecule has 4 nitrogen and oxygen atoms in total. The summed E-state index contributed by atoms with van der Waals surface area (Å²) in [5, 5.41) is 0.953. The van der Waals surface area contributed by atoms with Gasteiger partial charge in [0.15, 0.2) is 0 Å². The number of hydroxylamine groups is 2. The normalized spacial score (nSPS) is 31.9. The molecule has 1 saturated heterocycles. The Labute approximate surface area is 95.9 Å². The first-order chi connectivity index (χ1) is 7.72. The number of hydrogen-bond donors (Lipinski definition) is 0. The molecule has 1 saturated carbocycles. The van der Waals surface area contributed by atoms with Gasteiger partial charge in [0.25, 0.3) is 11.8 Å². The summed E-state index contributed by atoms with van der Waals surface area (Å²) in [4.78, 5) is 28.5. The van der Waals surface area contributed by atoms with Crippen molar-refractivity contribution in [2.24, 2.45) is 11.8 Å². The van der Waals surface area contributed by atoms with Crippen LogP contribution in [0.15, 0.2) is 0 Å². The fourth-order valence-electron chi connectivity index (χ4n) is 2.96. The Morgan fingerprint density at radius 2 is 1.50 bits per heavy atom. The molecule has 16 heavy (non-hydrogen) atoms. The second kappa shape index (κ2) is 4.95. The van der Waals surface area contributed by atoms with Crippen molar-refractivity contribution >= 4 is 11.8 Å². The summed E-state index contributed by atoms with van der Waals surface area (Å²) in [5.74, 6) is 0.446. The van der Waals surface area contributed by atoms with Crippen LogP contribution in [-0.4, -0.2) is 24.0 Å². The highest BCUT2D eigenvalue weighted by Gasteiger charge is 2.36. The fourth-order valence-corrected chi connectivity index (χ4v) is 2.96. The molecule has 1 aliphatic carbocycles. The van der Waals surface area contributed by atoms with Crippen LogP contribution >= 0.6 is 0 Å². The lowest BCUT2D eigenvalue weighted by Gasteiger charge is -2.19. The molecule has 90 valence electrons. The molecule has 1 aliphatic heterocycles. The Balaban J connectivity index is 2.14. The van der Waals surface area contributed by atoms with Crippen LogP contribution in [0.3, 0.4) is 0 Å². The van der Waals surface area contributed by atoms with Gasteiger partial charge in [0.1, 0.15) is 0 Å². The van der Waals surface area contributed by atoms with Gasteiger partial charge in [-0.05, 0) is 24.7 Å². The van der Waals surface area contributed by atoms with Crippen LogP contribution in [-0.2, 0) is 14.4 Å². The maximum absolute atomic E-state index is 11.8. The molecule has 2 amide bonds. The number of imide groups is 1. The van der Waals surface area contributed by atoms with Gasteiger partial charge in [0.05, 0.1) is 7.11 Å². The van der Waals surface area contributed by atoms with Crippen molar-refractivity contribution in [3.05, 3.63) is 0 Å². The Morgan fingerprint density at radius 1 is 1.00 bits per heavy atom. The monoisotopic (exact) mass is 225 g/mol. The van der Waals surface area contributed by atoms with E-state index in [1.807, 2.05) is 0 Å². The second-order valence-corrected chi connectivity index (χ2v) is 4.83. The Bertz CT molecular complexity index is 264. The molecule has 1 heterocycles. The van der Waals surface area contributed by atoms with Gasteiger partial charge < -0.3 is 0 Å². The number of rotatable bonds is 1. The van der Waals surface area contributed by atoms with E-state index in [2.05, 4.69) is 0 Å². The first-order valence-electron chi connectivity index (χ1n) is 6.12. The Kier molecular flexibility index (Phi) is 3.59. The van der Waals surface area contributed by atoms with Crippen molar-refractivity contribution in [2.75, 3.05) is 7.11 Å². The summed E-state index contributed by atoms with van der Waals surface area (Å²) in [6.07, 6.45) is 6.74. The molecule has 0 aromatic rings. The van der Waals surface area contributed by atoms with E-state index in [0.717, 1.165) is 17.9 Å². The predicted molar refractivity (Wildman–Crippen MR) is 58.2 cm³/mol. The average molecular weight is 225 g/mol. The van der Waals surface area contributed by atoms with E-state index in [1.165, 1.54) is 26.4 Å². The lowest BCUT2D eigenvalue weighted by molar-refractivity contribution is -0.186. The van der Waals surface area contributed by atoms with Crippen molar-refractivity contribution in [1.82, 2.24) is 5.06 Å². The topological polar surface area (TPSA) is 46.6 Å². The molecule has 0 aromatic carbocycles. The molecule has 0 bridgehead atoms. The largest absolute Gasteiger partial charge is 0.272 e. The van der Waals surface area contributed by atoms with Crippen LogP contribution in [0.5, 0.6) is 0 Å². The zero-order chi connectivity index (χ0) is 11.5. The molecule has 4 heteroatoms. The van der Waals surface area contributed by atoms with Crippen LogP contribution in [0.1, 0.15) is 44.9 Å². The maximum Gasteiger partial charge on any atom is 0.253 e. The minimum Gasteiger partial charge on any atom is -0.272 e. The number of hydrogen-bond acceptors (Lipinski definition) is 3. The van der Waals surface area contributed by atoms with Gasteiger partial charge >= 0.3 is 0 Å².